The van der Waals surface area contributed by atoms with Gasteiger partial charge in [0.05, 0.1) is 11.0 Å². The molecule has 2 N–H and O–H groups in total. The summed E-state index contributed by atoms with van der Waals surface area (Å²) in [4.78, 5) is 17.7. The van der Waals surface area contributed by atoms with E-state index in [2.05, 4.69) is 9.99 Å². The van der Waals surface area contributed by atoms with Crippen LogP contribution in [0.5, 0.6) is 0 Å². The maximum Gasteiger partial charge on any atom is 0.248 e. The zero-order chi connectivity index (χ0) is 19.0. The molecule has 0 radical (unpaired) electrons. The summed E-state index contributed by atoms with van der Waals surface area (Å²) in [5.74, 6) is -1.51. The number of benzene rings is 2. The summed E-state index contributed by atoms with van der Waals surface area (Å²) in [6, 6.07) is 9.12. The third-order valence-corrected chi connectivity index (χ3v) is 4.91. The average Bonchev–Trinajstić information content (AvgIpc) is 3.08. The number of hydrogen-bond donors (Lipinski definition) is 1. The van der Waals surface area contributed by atoms with Gasteiger partial charge in [-0.3, -0.25) is 9.69 Å². The second kappa shape index (κ2) is 6.96. The van der Waals surface area contributed by atoms with Crippen LogP contribution in [0.15, 0.2) is 42.7 Å². The normalized spacial score (nSPS) is 15.4. The Morgan fingerprint density at radius 2 is 1.78 bits per heavy atom. The van der Waals surface area contributed by atoms with Gasteiger partial charge in [-0.05, 0) is 30.3 Å². The van der Waals surface area contributed by atoms with E-state index in [-0.39, 0.29) is 12.1 Å². The summed E-state index contributed by atoms with van der Waals surface area (Å²) in [7, 11) is 0. The second-order valence-corrected chi connectivity index (χ2v) is 6.59. The van der Waals surface area contributed by atoms with E-state index in [9.17, 15) is 13.6 Å². The van der Waals surface area contributed by atoms with Crippen molar-refractivity contribution in [2.75, 3.05) is 31.2 Å². The minimum Gasteiger partial charge on any atom is -0.366 e. The van der Waals surface area contributed by atoms with E-state index in [1.807, 2.05) is 15.6 Å². The van der Waals surface area contributed by atoms with Gasteiger partial charge in [-0.15, -0.1) is 0 Å². The van der Waals surface area contributed by atoms with Gasteiger partial charge < -0.3 is 10.7 Å². The number of rotatable bonds is 4. The van der Waals surface area contributed by atoms with Crippen molar-refractivity contribution >= 4 is 16.9 Å². The first kappa shape index (κ1) is 17.4. The largest absolute Gasteiger partial charge is 0.366 e. The highest BCUT2D eigenvalue weighted by Crippen LogP contribution is 2.18. The molecular formula is C19H19F2N5O. The Labute approximate surface area is 154 Å². The van der Waals surface area contributed by atoms with Gasteiger partial charge in [0.25, 0.3) is 0 Å². The molecule has 1 fully saturated rings. The molecule has 0 atom stereocenters. The first-order valence-electron chi connectivity index (χ1n) is 8.70. The number of primary amides is 1. The Morgan fingerprint density at radius 1 is 1.07 bits per heavy atom. The van der Waals surface area contributed by atoms with Crippen molar-refractivity contribution < 1.29 is 13.6 Å². The lowest BCUT2D eigenvalue weighted by atomic mass is 10.1. The highest BCUT2D eigenvalue weighted by atomic mass is 19.1. The maximum absolute atomic E-state index is 13.8. The molecule has 6 nitrogen and oxygen atoms in total. The topological polar surface area (TPSA) is 67.4 Å². The third kappa shape index (κ3) is 3.35. The van der Waals surface area contributed by atoms with Gasteiger partial charge in [0.1, 0.15) is 18.0 Å². The Morgan fingerprint density at radius 3 is 2.44 bits per heavy atom. The van der Waals surface area contributed by atoms with Crippen LogP contribution in [0, 0.1) is 11.6 Å². The van der Waals surface area contributed by atoms with E-state index in [0.717, 1.165) is 5.52 Å². The van der Waals surface area contributed by atoms with Crippen LogP contribution >= 0.6 is 0 Å². The number of halogens is 2. The molecule has 2 aromatic carbocycles. The predicted molar refractivity (Wildman–Crippen MR) is 97.8 cm³/mol. The summed E-state index contributed by atoms with van der Waals surface area (Å²) in [6.45, 7) is 2.98. The van der Waals surface area contributed by atoms with Crippen LogP contribution in [0.2, 0.25) is 0 Å². The van der Waals surface area contributed by atoms with Crippen LogP contribution in [-0.2, 0) is 6.54 Å². The number of aromatic nitrogens is 2. The van der Waals surface area contributed by atoms with E-state index in [0.29, 0.717) is 37.3 Å². The molecule has 4 rings (SSSR count). The third-order valence-electron chi connectivity index (χ3n) is 4.91. The molecule has 1 aliphatic heterocycles. The van der Waals surface area contributed by atoms with E-state index in [1.165, 1.54) is 18.2 Å². The van der Waals surface area contributed by atoms with Crippen LogP contribution < -0.4 is 10.7 Å². The van der Waals surface area contributed by atoms with Gasteiger partial charge in [0.15, 0.2) is 0 Å². The lowest BCUT2D eigenvalue weighted by Gasteiger charge is -2.36. The number of hydrogen-bond acceptors (Lipinski definition) is 4. The molecule has 2 heterocycles. The number of carbonyl (C=O) groups excluding carboxylic acids is 1. The van der Waals surface area contributed by atoms with E-state index < -0.39 is 17.5 Å². The molecule has 0 unspecified atom stereocenters. The molecule has 0 aliphatic carbocycles. The monoisotopic (exact) mass is 371 g/mol. The Bertz CT molecular complexity index is 975. The van der Waals surface area contributed by atoms with Crippen molar-refractivity contribution in [3.8, 4) is 0 Å². The van der Waals surface area contributed by atoms with Crippen molar-refractivity contribution in [1.82, 2.24) is 14.6 Å². The molecule has 0 saturated carbocycles. The lowest BCUT2D eigenvalue weighted by Crippen LogP contribution is -2.50. The minimum atomic E-state index is -0.511. The molecule has 1 amide bonds. The van der Waals surface area contributed by atoms with Gasteiger partial charge in [0.2, 0.25) is 5.91 Å². The van der Waals surface area contributed by atoms with Crippen molar-refractivity contribution in [2.45, 2.75) is 6.54 Å². The fourth-order valence-electron chi connectivity index (χ4n) is 3.40. The van der Waals surface area contributed by atoms with E-state index in [4.69, 9.17) is 5.73 Å². The van der Waals surface area contributed by atoms with E-state index >= 15 is 0 Å². The van der Waals surface area contributed by atoms with Gasteiger partial charge in [0, 0.05) is 43.9 Å². The fraction of sp³-hybridized carbons (Fsp3) is 0.263. The Balaban J connectivity index is 1.46. The van der Waals surface area contributed by atoms with Gasteiger partial charge >= 0.3 is 0 Å². The molecule has 3 aromatic rings. The van der Waals surface area contributed by atoms with Crippen LogP contribution in [0.25, 0.3) is 11.0 Å². The number of fused-ring (bicyclic) bond motifs is 1. The van der Waals surface area contributed by atoms with Crippen molar-refractivity contribution in [1.29, 1.82) is 0 Å². The van der Waals surface area contributed by atoms with Gasteiger partial charge in [-0.2, -0.15) is 0 Å². The quantitative estimate of drug-likeness (QED) is 0.760. The zero-order valence-corrected chi connectivity index (χ0v) is 14.6. The predicted octanol–water partition coefficient (Wildman–Crippen LogP) is 1.87. The van der Waals surface area contributed by atoms with Gasteiger partial charge in [-0.1, -0.05) is 6.07 Å². The lowest BCUT2D eigenvalue weighted by molar-refractivity contribution is 0.100. The number of imidazole rings is 1. The van der Waals surface area contributed by atoms with Crippen molar-refractivity contribution in [2.24, 2.45) is 5.73 Å². The van der Waals surface area contributed by atoms with Gasteiger partial charge in [-0.25, -0.2) is 18.4 Å². The van der Waals surface area contributed by atoms with E-state index in [1.54, 1.807) is 18.5 Å². The summed E-state index contributed by atoms with van der Waals surface area (Å²) in [5, 5.41) is 2.12. The number of piperazine rings is 1. The van der Waals surface area contributed by atoms with Crippen molar-refractivity contribution in [3.63, 3.8) is 0 Å². The molecule has 0 spiro atoms. The van der Waals surface area contributed by atoms with Crippen LogP contribution in [0.3, 0.4) is 0 Å². The summed E-state index contributed by atoms with van der Waals surface area (Å²) >= 11 is 0. The zero-order valence-electron chi connectivity index (χ0n) is 14.6. The maximum atomic E-state index is 13.8. The molecule has 8 heteroatoms. The van der Waals surface area contributed by atoms with Crippen LogP contribution in [-0.4, -0.2) is 46.6 Å². The highest BCUT2D eigenvalue weighted by Gasteiger charge is 2.21. The number of amides is 1. The molecule has 27 heavy (non-hydrogen) atoms. The van der Waals surface area contributed by atoms with Crippen LogP contribution in [0.4, 0.5) is 8.78 Å². The summed E-state index contributed by atoms with van der Waals surface area (Å²) in [5.41, 5.74) is 7.42. The highest BCUT2D eigenvalue weighted by molar-refractivity contribution is 5.96. The minimum absolute atomic E-state index is 0.109. The Hall–Kier alpha value is -3.00. The molecular weight excluding hydrogens is 352 g/mol. The number of nitrogens with two attached hydrogens (primary N) is 1. The fourth-order valence-corrected chi connectivity index (χ4v) is 3.40. The van der Waals surface area contributed by atoms with Crippen molar-refractivity contribution in [3.05, 3.63) is 65.5 Å². The second-order valence-electron chi connectivity index (χ2n) is 6.59. The summed E-state index contributed by atoms with van der Waals surface area (Å²) in [6.07, 6.45) is 1.71. The standard InChI is InChI=1S/C19H19F2N5O/c20-15-2-1-3-16(21)14(15)11-24-6-8-25(9-7-24)26-12-23-17-10-13(19(22)27)4-5-18(17)26/h1-5,10,12H,6-9,11H2,(H2,22,27). The first-order valence-corrected chi connectivity index (χ1v) is 8.70. The Kier molecular flexibility index (Phi) is 4.49. The van der Waals surface area contributed by atoms with Crippen LogP contribution in [0.1, 0.15) is 15.9 Å². The molecule has 1 aliphatic rings. The smallest absolute Gasteiger partial charge is 0.248 e. The summed E-state index contributed by atoms with van der Waals surface area (Å²) < 4.78 is 29.6. The molecule has 140 valence electrons. The first-order chi connectivity index (χ1) is 13.0. The number of nitrogens with zero attached hydrogens (tertiary/aromatic N) is 4. The molecule has 0 bridgehead atoms. The SMILES string of the molecule is NC(=O)c1ccc2c(c1)ncn2N1CCN(Cc2c(F)cccc2F)CC1. The average molecular weight is 371 g/mol. The molecule has 1 aromatic heterocycles. The number of carbonyl (C=O) groups is 1. The molecule has 1 saturated heterocycles.